The Morgan fingerprint density at radius 3 is 2.41 bits per heavy atom. The van der Waals surface area contributed by atoms with E-state index in [9.17, 15) is 14.0 Å². The summed E-state index contributed by atoms with van der Waals surface area (Å²) in [7, 11) is 2.87. The third-order valence-corrected chi connectivity index (χ3v) is 4.37. The number of aromatic nitrogens is 1. The topological polar surface area (TPSA) is 80.4 Å². The molecule has 7 heteroatoms. The van der Waals surface area contributed by atoms with Gasteiger partial charge < -0.3 is 19.8 Å². The van der Waals surface area contributed by atoms with Crippen molar-refractivity contribution in [3.05, 3.63) is 69.9 Å². The summed E-state index contributed by atoms with van der Waals surface area (Å²) in [6, 6.07) is 8.87. The van der Waals surface area contributed by atoms with E-state index in [1.54, 1.807) is 31.2 Å². The summed E-state index contributed by atoms with van der Waals surface area (Å²) in [6.07, 6.45) is 1.36. The van der Waals surface area contributed by atoms with E-state index in [1.807, 2.05) is 0 Å². The summed E-state index contributed by atoms with van der Waals surface area (Å²) in [6.45, 7) is 1.66. The molecule has 1 heterocycles. The second-order valence-corrected chi connectivity index (χ2v) is 6.00. The molecule has 0 fully saturated rings. The van der Waals surface area contributed by atoms with Crippen LogP contribution in [-0.2, 0) is 0 Å². The summed E-state index contributed by atoms with van der Waals surface area (Å²) < 4.78 is 24.7. The molecule has 0 saturated carbocycles. The van der Waals surface area contributed by atoms with E-state index in [0.717, 1.165) is 0 Å². The summed E-state index contributed by atoms with van der Waals surface area (Å²) in [5, 5.41) is 3.70. The maximum Gasteiger partial charge on any atom is 0.255 e. The normalized spacial score (nSPS) is 11.9. The zero-order valence-electron chi connectivity index (χ0n) is 15.1. The van der Waals surface area contributed by atoms with Crippen molar-refractivity contribution in [2.24, 2.45) is 0 Å². The molecule has 1 atom stereocenters. The Morgan fingerprint density at radius 1 is 1.11 bits per heavy atom. The Hall–Kier alpha value is -3.35. The first-order valence-electron chi connectivity index (χ1n) is 8.29. The number of carbonyl (C=O) groups is 1. The van der Waals surface area contributed by atoms with Crippen LogP contribution in [0.1, 0.15) is 28.9 Å². The standard InChI is InChI=1S/C20H19FN2O4/c1-11(14-8-17(26-2)18(27-3)9-16(14)21)23-20(25)15-10-22-19(24)13-7-5-4-6-12(13)15/h4-11H,1-3H3,(H,22,24)(H,23,25). The van der Waals surface area contributed by atoms with Gasteiger partial charge in [-0.1, -0.05) is 18.2 Å². The highest BCUT2D eigenvalue weighted by atomic mass is 19.1. The first kappa shape index (κ1) is 18.4. The Balaban J connectivity index is 1.93. The Kier molecular flexibility index (Phi) is 5.12. The molecular weight excluding hydrogens is 351 g/mol. The van der Waals surface area contributed by atoms with Crippen LogP contribution in [0.5, 0.6) is 11.5 Å². The lowest BCUT2D eigenvalue weighted by Crippen LogP contribution is -2.28. The third kappa shape index (κ3) is 3.48. The van der Waals surface area contributed by atoms with Crippen molar-refractivity contribution in [1.29, 1.82) is 0 Å². The van der Waals surface area contributed by atoms with Gasteiger partial charge in [-0.05, 0) is 19.1 Å². The van der Waals surface area contributed by atoms with Gasteiger partial charge in [0, 0.05) is 28.6 Å². The Labute approximate surface area is 154 Å². The molecule has 0 aliphatic carbocycles. The number of ether oxygens (including phenoxy) is 2. The number of nitrogens with one attached hydrogen (secondary N) is 2. The number of hydrogen-bond acceptors (Lipinski definition) is 4. The van der Waals surface area contributed by atoms with Crippen molar-refractivity contribution < 1.29 is 18.7 Å². The lowest BCUT2D eigenvalue weighted by molar-refractivity contribution is 0.0940. The van der Waals surface area contributed by atoms with Gasteiger partial charge in [-0.2, -0.15) is 0 Å². The van der Waals surface area contributed by atoms with Gasteiger partial charge >= 0.3 is 0 Å². The van der Waals surface area contributed by atoms with E-state index in [2.05, 4.69) is 10.3 Å². The van der Waals surface area contributed by atoms with E-state index in [1.165, 1.54) is 32.5 Å². The summed E-state index contributed by atoms with van der Waals surface area (Å²) in [5.74, 6) is -0.315. The predicted octanol–water partition coefficient (Wildman–Crippen LogP) is 3.18. The van der Waals surface area contributed by atoms with Gasteiger partial charge in [0.2, 0.25) is 0 Å². The molecule has 0 aliphatic heterocycles. The number of H-pyrrole nitrogens is 1. The van der Waals surface area contributed by atoms with Crippen LogP contribution in [0.25, 0.3) is 10.8 Å². The molecule has 3 rings (SSSR count). The number of benzene rings is 2. The van der Waals surface area contributed by atoms with E-state index in [0.29, 0.717) is 22.1 Å². The number of pyridine rings is 1. The van der Waals surface area contributed by atoms with Crippen molar-refractivity contribution in [3.63, 3.8) is 0 Å². The van der Waals surface area contributed by atoms with Crippen molar-refractivity contribution in [2.45, 2.75) is 13.0 Å². The van der Waals surface area contributed by atoms with Crippen molar-refractivity contribution in [3.8, 4) is 11.5 Å². The number of halogens is 1. The molecule has 2 N–H and O–H groups in total. The van der Waals surface area contributed by atoms with Crippen LogP contribution in [0.2, 0.25) is 0 Å². The van der Waals surface area contributed by atoms with E-state index in [-0.39, 0.29) is 16.9 Å². The maximum atomic E-state index is 14.4. The Bertz CT molecular complexity index is 1060. The molecule has 1 aromatic heterocycles. The van der Waals surface area contributed by atoms with Crippen LogP contribution >= 0.6 is 0 Å². The van der Waals surface area contributed by atoms with Gasteiger partial charge in [0.1, 0.15) is 5.82 Å². The van der Waals surface area contributed by atoms with E-state index < -0.39 is 17.8 Å². The number of hydrogen-bond donors (Lipinski definition) is 2. The van der Waals surface area contributed by atoms with Gasteiger partial charge in [-0.25, -0.2) is 4.39 Å². The number of aromatic amines is 1. The van der Waals surface area contributed by atoms with Crippen LogP contribution in [-0.4, -0.2) is 25.1 Å². The molecular formula is C20H19FN2O4. The minimum absolute atomic E-state index is 0.259. The minimum atomic E-state index is -0.636. The highest BCUT2D eigenvalue weighted by molar-refractivity contribution is 6.06. The van der Waals surface area contributed by atoms with Gasteiger partial charge in [0.25, 0.3) is 11.5 Å². The molecule has 0 aliphatic rings. The first-order chi connectivity index (χ1) is 13.0. The highest BCUT2D eigenvalue weighted by Crippen LogP contribution is 2.32. The van der Waals surface area contributed by atoms with Crippen molar-refractivity contribution >= 4 is 16.7 Å². The lowest BCUT2D eigenvalue weighted by atomic mass is 10.0. The first-order valence-corrected chi connectivity index (χ1v) is 8.29. The number of rotatable bonds is 5. The van der Waals surface area contributed by atoms with Crippen molar-refractivity contribution in [2.75, 3.05) is 14.2 Å². The van der Waals surface area contributed by atoms with Crippen LogP contribution in [0.4, 0.5) is 4.39 Å². The molecule has 0 radical (unpaired) electrons. The summed E-state index contributed by atoms with van der Waals surface area (Å²) in [5.41, 5.74) is 0.286. The Morgan fingerprint density at radius 2 is 1.74 bits per heavy atom. The second-order valence-electron chi connectivity index (χ2n) is 6.00. The summed E-state index contributed by atoms with van der Waals surface area (Å²) in [4.78, 5) is 27.2. The highest BCUT2D eigenvalue weighted by Gasteiger charge is 2.20. The number of carbonyl (C=O) groups excluding carboxylic acids is 1. The molecule has 0 spiro atoms. The lowest BCUT2D eigenvalue weighted by Gasteiger charge is -2.18. The predicted molar refractivity (Wildman–Crippen MR) is 100.0 cm³/mol. The maximum absolute atomic E-state index is 14.4. The zero-order valence-corrected chi connectivity index (χ0v) is 15.1. The van der Waals surface area contributed by atoms with E-state index >= 15 is 0 Å². The largest absolute Gasteiger partial charge is 0.493 e. The number of methoxy groups -OCH3 is 2. The van der Waals surface area contributed by atoms with Gasteiger partial charge in [0.05, 0.1) is 25.8 Å². The quantitative estimate of drug-likeness (QED) is 0.723. The van der Waals surface area contributed by atoms with Crippen LogP contribution in [0.3, 0.4) is 0 Å². The molecule has 0 saturated heterocycles. The SMILES string of the molecule is COc1cc(F)c(C(C)NC(=O)c2c[nH]c(=O)c3ccccc23)cc1OC. The van der Waals surface area contributed by atoms with Gasteiger partial charge in [-0.3, -0.25) is 9.59 Å². The molecule has 1 unspecified atom stereocenters. The molecule has 1 amide bonds. The van der Waals surface area contributed by atoms with Crippen LogP contribution in [0.15, 0.2) is 47.4 Å². The van der Waals surface area contributed by atoms with Crippen LogP contribution < -0.4 is 20.3 Å². The monoisotopic (exact) mass is 370 g/mol. The molecule has 3 aromatic rings. The molecule has 140 valence electrons. The third-order valence-electron chi connectivity index (χ3n) is 4.37. The molecule has 27 heavy (non-hydrogen) atoms. The fourth-order valence-electron chi connectivity index (χ4n) is 2.95. The fourth-order valence-corrected chi connectivity index (χ4v) is 2.95. The van der Waals surface area contributed by atoms with Crippen LogP contribution in [0, 0.1) is 5.82 Å². The smallest absolute Gasteiger partial charge is 0.255 e. The van der Waals surface area contributed by atoms with E-state index in [4.69, 9.17) is 9.47 Å². The second kappa shape index (κ2) is 7.49. The molecule has 6 nitrogen and oxygen atoms in total. The zero-order chi connectivity index (χ0) is 19.6. The average Bonchev–Trinajstić information content (AvgIpc) is 2.67. The molecule has 0 bridgehead atoms. The average molecular weight is 370 g/mol. The van der Waals surface area contributed by atoms with Gasteiger partial charge in [-0.15, -0.1) is 0 Å². The van der Waals surface area contributed by atoms with Crippen molar-refractivity contribution in [1.82, 2.24) is 10.3 Å². The minimum Gasteiger partial charge on any atom is -0.493 e. The molecule has 2 aromatic carbocycles. The van der Waals surface area contributed by atoms with Gasteiger partial charge in [0.15, 0.2) is 11.5 Å². The number of fused-ring (bicyclic) bond motifs is 1. The fraction of sp³-hybridized carbons (Fsp3) is 0.200. The number of amides is 1. The summed E-state index contributed by atoms with van der Waals surface area (Å²) >= 11 is 0.